The van der Waals surface area contributed by atoms with E-state index in [9.17, 15) is 25.2 Å². The minimum Gasteiger partial charge on any atom is -0.550 e. The molecule has 0 radical (unpaired) electrons. The number of carbonyl (C=O) groups excluding carboxylic acids is 1. The summed E-state index contributed by atoms with van der Waals surface area (Å²) < 4.78 is 0. The Morgan fingerprint density at radius 1 is 1.00 bits per heavy atom. The Labute approximate surface area is 348 Å². The number of carboxylic acid groups (broad SMARTS) is 1. The molecule has 11 nitrogen and oxygen atoms in total. The highest BCUT2D eigenvalue weighted by Gasteiger charge is 2.54. The number of hydrogen-bond acceptors (Lipinski definition) is 10. The molecule has 1 aromatic carbocycles. The number of nitrogens with zero attached hydrogens (tertiary/aromatic N) is 2. The first kappa shape index (κ1) is 42.7. The van der Waals surface area contributed by atoms with Gasteiger partial charge in [-0.15, -0.1) is 0 Å². The fourth-order valence-corrected chi connectivity index (χ4v) is 13.9. The van der Waals surface area contributed by atoms with Crippen molar-refractivity contribution in [3.8, 4) is 0 Å². The molecule has 4 bridgehead atoms. The quantitative estimate of drug-likeness (QED) is 0.242. The van der Waals surface area contributed by atoms with E-state index in [2.05, 4.69) is 58.6 Å². The number of aliphatic carboxylic acids is 1. The Kier molecular flexibility index (Phi) is 12.6. The predicted molar refractivity (Wildman–Crippen MR) is 225 cm³/mol. The lowest BCUT2D eigenvalue weighted by atomic mass is 9.61. The van der Waals surface area contributed by atoms with Gasteiger partial charge in [-0.1, -0.05) is 62.8 Å². The van der Waals surface area contributed by atoms with Gasteiger partial charge in [0.25, 0.3) is 0 Å². The second-order valence-corrected chi connectivity index (χ2v) is 21.2. The summed E-state index contributed by atoms with van der Waals surface area (Å²) in [5, 5.41) is 56.4. The van der Waals surface area contributed by atoms with Crippen molar-refractivity contribution in [2.24, 2.45) is 22.1 Å². The van der Waals surface area contributed by atoms with E-state index in [4.69, 9.17) is 5.73 Å². The Hall–Kier alpha value is -1.96. The van der Waals surface area contributed by atoms with Crippen molar-refractivity contribution >= 4 is 12.2 Å². The van der Waals surface area contributed by atoms with Crippen molar-refractivity contribution in [2.45, 2.75) is 207 Å². The zero-order valence-corrected chi connectivity index (χ0v) is 35.7. The number of carbonyl (C=O) groups is 1. The van der Waals surface area contributed by atoms with E-state index in [0.717, 1.165) is 116 Å². The summed E-state index contributed by atoms with van der Waals surface area (Å²) in [6.45, 7) is 6.98. The normalized spacial score (nSPS) is 42.4. The molecule has 11 heteroatoms. The van der Waals surface area contributed by atoms with Crippen LogP contribution in [0.1, 0.15) is 153 Å². The zero-order valence-electron chi connectivity index (χ0n) is 35.7. The number of piperidine rings is 3. The molecular weight excluding hydrogens is 729 g/mol. The lowest BCUT2D eigenvalue weighted by Gasteiger charge is -2.55. The first-order chi connectivity index (χ1) is 27.7. The van der Waals surface area contributed by atoms with Gasteiger partial charge in [0.15, 0.2) is 6.67 Å². The third kappa shape index (κ3) is 8.85. The molecule has 7 aliphatic rings. The second kappa shape index (κ2) is 17.1. The van der Waals surface area contributed by atoms with Gasteiger partial charge in [-0.05, 0) is 120 Å². The van der Waals surface area contributed by atoms with E-state index in [0.29, 0.717) is 25.7 Å². The minimum absolute atomic E-state index is 0.0560. The molecule has 11 atom stereocenters. The molecule has 2 saturated carbocycles. The fourth-order valence-electron chi connectivity index (χ4n) is 13.9. The lowest BCUT2D eigenvalue weighted by molar-refractivity contribution is -0.915. The molecule has 2 spiro atoms. The number of aliphatic hydroxyl groups excluding tert-OH is 1. The van der Waals surface area contributed by atoms with Gasteiger partial charge in [-0.2, -0.15) is 0 Å². The number of quaternary nitrogens is 1. The smallest absolute Gasteiger partial charge is 0.171 e. The molecule has 8 N–H and O–H groups in total. The maximum Gasteiger partial charge on any atom is 0.171 e. The topological polar surface area (TPSA) is 171 Å². The number of fused-ring (bicyclic) bond motifs is 7. The Morgan fingerprint density at radius 3 is 2.50 bits per heavy atom. The maximum absolute atomic E-state index is 13.2. The SMILES string of the molecule is C[C@@H]1[C@H](O)C[C@H]([NH+]2CC=NC2)[C@@H]2C[C@@](O)([C@@H]3CCCC4(CCCC4)CC[C@@](O)(CC(=O)[O-])CN[C@@]4(C)C[C@H](N)N[C@H](C4)C4(CCCCC4)c4cccc(c4)C3)CCN12. The van der Waals surface area contributed by atoms with Crippen molar-refractivity contribution in [2.75, 3.05) is 26.3 Å². The Balaban J connectivity index is 1.16. The summed E-state index contributed by atoms with van der Waals surface area (Å²) in [6, 6.07) is 9.98. The molecule has 5 fully saturated rings. The average molecular weight is 805 g/mol. The average Bonchev–Trinajstić information content (AvgIpc) is 3.91. The van der Waals surface area contributed by atoms with Gasteiger partial charge in [-0.25, -0.2) is 4.99 Å². The van der Waals surface area contributed by atoms with E-state index in [-0.39, 0.29) is 71.7 Å². The van der Waals surface area contributed by atoms with Gasteiger partial charge in [0.2, 0.25) is 0 Å². The molecule has 2 aliphatic carbocycles. The van der Waals surface area contributed by atoms with Gasteiger partial charge in [-0.3, -0.25) is 10.2 Å². The standard InChI is InChI=1S/C47H76N6O5/c1-33-39(54)26-37(52-23-21-49-32-52)38-27-47(58,20-22-53(33)38)36-12-9-15-44(13-6-7-14-44)18-19-45(57,30-42(55)56)31-50-43(2)28-40(51-41(48)29-43)46(16-4-3-5-17-46)35-11-8-10-34(24-35)25-36/h8,10-11,21,24,33,36-41,50-51,54,57-58H,3-7,9,12-20,22-23,25-32,48H2,1-2H3,(H,55,56)/t33-,36-,37+,38+,39-,40-,41-,43-,45-,47-/m1/s1. The molecule has 8 rings (SSSR count). The number of benzene rings is 1. The highest BCUT2D eigenvalue weighted by Crippen LogP contribution is 2.50. The third-order valence-electron chi connectivity index (χ3n) is 17.4. The van der Waals surface area contributed by atoms with Crippen LogP contribution in [0.5, 0.6) is 0 Å². The Bertz CT molecular complexity index is 1610. The summed E-state index contributed by atoms with van der Waals surface area (Å²) in [4.78, 5) is 20.7. The van der Waals surface area contributed by atoms with Crippen LogP contribution in [0.3, 0.4) is 0 Å². The fraction of sp³-hybridized carbons (Fsp3) is 0.830. The van der Waals surface area contributed by atoms with Crippen molar-refractivity contribution in [3.05, 3.63) is 35.4 Å². The van der Waals surface area contributed by atoms with Crippen molar-refractivity contribution in [1.29, 1.82) is 0 Å². The summed E-state index contributed by atoms with van der Waals surface area (Å²) in [5.41, 5.74) is 6.87. The van der Waals surface area contributed by atoms with Crippen LogP contribution in [0.2, 0.25) is 0 Å². The number of hydrogen-bond donors (Lipinski definition) is 7. The molecule has 58 heavy (non-hydrogen) atoms. The monoisotopic (exact) mass is 805 g/mol. The molecule has 1 aromatic rings. The molecule has 5 heterocycles. The molecule has 0 amide bonds. The molecule has 3 saturated heterocycles. The molecule has 5 aliphatic heterocycles. The predicted octanol–water partition coefficient (Wildman–Crippen LogP) is 2.47. The third-order valence-corrected chi connectivity index (χ3v) is 17.4. The van der Waals surface area contributed by atoms with Crippen molar-refractivity contribution in [3.63, 3.8) is 0 Å². The van der Waals surface area contributed by atoms with Crippen LogP contribution >= 0.6 is 0 Å². The second-order valence-electron chi connectivity index (χ2n) is 21.2. The van der Waals surface area contributed by atoms with Gasteiger partial charge in [0, 0.05) is 54.9 Å². The molecule has 1 unspecified atom stereocenters. The molecule has 0 aromatic heterocycles. The summed E-state index contributed by atoms with van der Waals surface area (Å²) in [7, 11) is 0. The van der Waals surface area contributed by atoms with Gasteiger partial charge >= 0.3 is 0 Å². The van der Waals surface area contributed by atoms with Crippen LogP contribution in [0.4, 0.5) is 0 Å². The first-order valence-electron chi connectivity index (χ1n) is 23.5. The Morgan fingerprint density at radius 2 is 1.76 bits per heavy atom. The van der Waals surface area contributed by atoms with Crippen LogP contribution in [0.25, 0.3) is 0 Å². The van der Waals surface area contributed by atoms with E-state index >= 15 is 0 Å². The number of nitrogens with two attached hydrogens (primary N) is 1. The maximum atomic E-state index is 13.2. The van der Waals surface area contributed by atoms with Crippen LogP contribution in [-0.2, 0) is 16.6 Å². The van der Waals surface area contributed by atoms with Crippen molar-refractivity contribution < 1.29 is 30.1 Å². The van der Waals surface area contributed by atoms with Crippen molar-refractivity contribution in [1.82, 2.24) is 15.5 Å². The summed E-state index contributed by atoms with van der Waals surface area (Å²) in [5.74, 6) is -1.14. The number of nitrogens with one attached hydrogen (secondary N) is 3. The highest BCUT2D eigenvalue weighted by molar-refractivity contribution is 5.65. The number of aliphatic imine (C=N–C) groups is 1. The van der Waals surface area contributed by atoms with Crippen LogP contribution in [0.15, 0.2) is 29.3 Å². The molecule has 324 valence electrons. The van der Waals surface area contributed by atoms with Crippen LogP contribution in [-0.4, -0.2) is 112 Å². The lowest BCUT2D eigenvalue weighted by Crippen LogP contribution is -3.17. The number of β-amino-alcohol motifs (C(OH)–C–C–N with tert-alkyl or cyclic N) is 1. The number of aliphatic hydroxyl groups is 3. The number of rotatable bonds is 4. The van der Waals surface area contributed by atoms with Crippen LogP contribution < -0.4 is 26.4 Å². The van der Waals surface area contributed by atoms with Gasteiger partial charge in [0.1, 0.15) is 12.6 Å². The number of carboxylic acids is 1. The first-order valence-corrected chi connectivity index (χ1v) is 23.5. The minimum atomic E-state index is -1.42. The molecular formula is C47H76N6O5. The van der Waals surface area contributed by atoms with E-state index in [1.54, 1.807) is 0 Å². The highest BCUT2D eigenvalue weighted by atomic mass is 16.4. The van der Waals surface area contributed by atoms with E-state index in [1.165, 1.54) is 22.4 Å². The largest absolute Gasteiger partial charge is 0.550 e. The van der Waals surface area contributed by atoms with E-state index in [1.807, 2.05) is 6.21 Å². The van der Waals surface area contributed by atoms with Gasteiger partial charge < -0.3 is 41.2 Å². The van der Waals surface area contributed by atoms with Crippen LogP contribution in [0, 0.1) is 11.3 Å². The van der Waals surface area contributed by atoms with Gasteiger partial charge in [0.05, 0.1) is 35.7 Å². The van der Waals surface area contributed by atoms with E-state index < -0.39 is 17.2 Å². The summed E-state index contributed by atoms with van der Waals surface area (Å²) >= 11 is 0. The summed E-state index contributed by atoms with van der Waals surface area (Å²) in [6.07, 6.45) is 19.9. The zero-order chi connectivity index (χ0) is 40.8.